The van der Waals surface area contributed by atoms with E-state index in [1.807, 2.05) is 6.07 Å². The van der Waals surface area contributed by atoms with Crippen molar-refractivity contribution in [2.24, 2.45) is 5.92 Å². The Morgan fingerprint density at radius 1 is 1.34 bits per heavy atom. The van der Waals surface area contributed by atoms with E-state index in [2.05, 4.69) is 20.9 Å². The summed E-state index contributed by atoms with van der Waals surface area (Å²) in [6.07, 6.45) is 0.719. The molecule has 0 spiro atoms. The van der Waals surface area contributed by atoms with Crippen LogP contribution in [0.25, 0.3) is 10.9 Å². The van der Waals surface area contributed by atoms with Crippen molar-refractivity contribution >= 4 is 51.8 Å². The highest BCUT2D eigenvalue weighted by Gasteiger charge is 2.30. The zero-order valence-corrected chi connectivity index (χ0v) is 18.8. The number of aromatic nitrogens is 1. The summed E-state index contributed by atoms with van der Waals surface area (Å²) in [6.45, 7) is 0.545. The first-order valence-electron chi connectivity index (χ1n) is 10.0. The summed E-state index contributed by atoms with van der Waals surface area (Å²) < 4.78 is 5.30. The van der Waals surface area contributed by atoms with Crippen LogP contribution in [0.15, 0.2) is 24.3 Å². The Morgan fingerprint density at radius 3 is 2.75 bits per heavy atom. The first-order valence-corrected chi connectivity index (χ1v) is 10.9. The Morgan fingerprint density at radius 2 is 2.12 bits per heavy atom. The number of alkyl halides is 2. The normalized spacial score (nSPS) is 17.5. The number of fused-ring (bicyclic) bond motifs is 1. The van der Waals surface area contributed by atoms with Crippen LogP contribution < -0.4 is 20.7 Å². The summed E-state index contributed by atoms with van der Waals surface area (Å²) in [6, 6.07) is 6.99. The average Bonchev–Trinajstić information content (AvgIpc) is 3.38. The molecular formula is C21H23Cl2N5O4. The Labute approximate surface area is 194 Å². The molecule has 0 aliphatic carbocycles. The molecule has 1 aliphatic heterocycles. The van der Waals surface area contributed by atoms with Crippen LogP contribution in [-0.2, 0) is 9.59 Å². The molecule has 1 aromatic carbocycles. The number of amides is 3. The van der Waals surface area contributed by atoms with Crippen LogP contribution in [0.3, 0.4) is 0 Å². The fraction of sp³-hybridized carbons (Fsp3) is 0.429. The van der Waals surface area contributed by atoms with Crippen molar-refractivity contribution in [1.82, 2.24) is 20.9 Å². The standard InChI is InChI=1S/C21H23Cl2N5O4/c1-32-17-4-2-3-14-13(17)8-15(27-14)21(31)28-16(9-18(22)23)20(30)26-12(10-24)7-11-5-6-25-19(11)29/h2-4,8,11-12,16,18,27H,5-7,9H2,1H3,(H,25,29)(H,26,30)(H,28,31)/t11-,12-,16-/m0/s1. The molecule has 3 amide bonds. The van der Waals surface area contributed by atoms with Crippen LogP contribution in [-0.4, -0.2) is 53.3 Å². The zero-order chi connectivity index (χ0) is 23.3. The third-order valence-corrected chi connectivity index (χ3v) is 5.64. The minimum absolute atomic E-state index is 0.0632. The topological polar surface area (TPSA) is 136 Å². The van der Waals surface area contributed by atoms with E-state index in [1.165, 1.54) is 7.11 Å². The van der Waals surface area contributed by atoms with Gasteiger partial charge in [0, 0.05) is 29.8 Å². The van der Waals surface area contributed by atoms with Gasteiger partial charge in [0.05, 0.1) is 13.2 Å². The number of nitrogens with one attached hydrogen (secondary N) is 4. The lowest BCUT2D eigenvalue weighted by Gasteiger charge is -2.21. The van der Waals surface area contributed by atoms with E-state index in [-0.39, 0.29) is 30.4 Å². The summed E-state index contributed by atoms with van der Waals surface area (Å²) in [5.41, 5.74) is 0.921. The molecule has 11 heteroatoms. The molecule has 0 unspecified atom stereocenters. The molecule has 1 saturated heterocycles. The number of aromatic amines is 1. The molecule has 1 fully saturated rings. The number of methoxy groups -OCH3 is 1. The van der Waals surface area contributed by atoms with Crippen molar-refractivity contribution in [3.63, 3.8) is 0 Å². The predicted octanol–water partition coefficient (Wildman–Crippen LogP) is 2.00. The average molecular weight is 480 g/mol. The van der Waals surface area contributed by atoms with E-state index in [0.29, 0.717) is 29.6 Å². The molecule has 3 rings (SSSR count). The summed E-state index contributed by atoms with van der Waals surface area (Å²) in [4.78, 5) is 39.5. The largest absolute Gasteiger partial charge is 0.496 e. The van der Waals surface area contributed by atoms with Crippen LogP contribution in [0.5, 0.6) is 5.75 Å². The molecule has 0 saturated carbocycles. The number of nitriles is 1. The van der Waals surface area contributed by atoms with E-state index in [4.69, 9.17) is 27.9 Å². The van der Waals surface area contributed by atoms with Gasteiger partial charge in [-0.3, -0.25) is 14.4 Å². The van der Waals surface area contributed by atoms with Crippen LogP contribution >= 0.6 is 23.2 Å². The third kappa shape index (κ3) is 5.64. The number of carbonyl (C=O) groups excluding carboxylic acids is 3. The second-order valence-electron chi connectivity index (χ2n) is 7.46. The Hall–Kier alpha value is -2.96. The number of nitrogens with zero attached hydrogens (tertiary/aromatic N) is 1. The lowest BCUT2D eigenvalue weighted by Crippen LogP contribution is -2.50. The maximum Gasteiger partial charge on any atom is 0.268 e. The number of halogens is 2. The lowest BCUT2D eigenvalue weighted by atomic mass is 9.99. The van der Waals surface area contributed by atoms with E-state index < -0.39 is 28.7 Å². The lowest BCUT2D eigenvalue weighted by molar-refractivity contribution is -0.125. The van der Waals surface area contributed by atoms with Crippen molar-refractivity contribution in [1.29, 1.82) is 5.26 Å². The molecule has 4 N–H and O–H groups in total. The predicted molar refractivity (Wildman–Crippen MR) is 119 cm³/mol. The summed E-state index contributed by atoms with van der Waals surface area (Å²) >= 11 is 11.7. The highest BCUT2D eigenvalue weighted by atomic mass is 35.5. The Kier molecular flexibility index (Phi) is 7.83. The van der Waals surface area contributed by atoms with Crippen molar-refractivity contribution < 1.29 is 19.1 Å². The third-order valence-electron chi connectivity index (χ3n) is 5.28. The van der Waals surface area contributed by atoms with E-state index in [0.717, 1.165) is 0 Å². The molecule has 1 aromatic heterocycles. The number of H-pyrrole nitrogens is 1. The van der Waals surface area contributed by atoms with Crippen LogP contribution in [0.1, 0.15) is 29.8 Å². The smallest absolute Gasteiger partial charge is 0.268 e. The van der Waals surface area contributed by atoms with Gasteiger partial charge in [0.1, 0.15) is 28.4 Å². The first kappa shape index (κ1) is 23.7. The molecule has 2 heterocycles. The summed E-state index contributed by atoms with van der Waals surface area (Å²) in [5, 5.41) is 18.0. The number of benzene rings is 1. The Balaban J connectivity index is 1.71. The number of hydrogen-bond acceptors (Lipinski definition) is 5. The molecule has 32 heavy (non-hydrogen) atoms. The number of hydrogen-bond donors (Lipinski definition) is 4. The second kappa shape index (κ2) is 10.6. The van der Waals surface area contributed by atoms with Gasteiger partial charge in [0.25, 0.3) is 5.91 Å². The maximum absolute atomic E-state index is 12.8. The van der Waals surface area contributed by atoms with Crippen LogP contribution in [0.4, 0.5) is 0 Å². The Bertz CT molecular complexity index is 1050. The van der Waals surface area contributed by atoms with Gasteiger partial charge in [-0.15, -0.1) is 23.2 Å². The van der Waals surface area contributed by atoms with Gasteiger partial charge in [0.2, 0.25) is 11.8 Å². The second-order valence-corrected chi connectivity index (χ2v) is 8.74. The van der Waals surface area contributed by atoms with E-state index in [9.17, 15) is 19.6 Å². The first-order chi connectivity index (χ1) is 15.3. The van der Waals surface area contributed by atoms with Crippen molar-refractivity contribution in [3.05, 3.63) is 30.0 Å². The summed E-state index contributed by atoms with van der Waals surface area (Å²) in [5.74, 6) is -1.03. The molecule has 2 aromatic rings. The van der Waals surface area contributed by atoms with Gasteiger partial charge < -0.3 is 25.7 Å². The summed E-state index contributed by atoms with van der Waals surface area (Å²) in [7, 11) is 1.53. The number of carbonyl (C=O) groups is 3. The quantitative estimate of drug-likeness (QED) is 0.407. The minimum Gasteiger partial charge on any atom is -0.496 e. The van der Waals surface area contributed by atoms with Gasteiger partial charge in [-0.1, -0.05) is 6.07 Å². The maximum atomic E-state index is 12.8. The van der Waals surface area contributed by atoms with Gasteiger partial charge in [-0.25, -0.2) is 0 Å². The molecule has 9 nitrogen and oxygen atoms in total. The zero-order valence-electron chi connectivity index (χ0n) is 17.3. The van der Waals surface area contributed by atoms with Crippen LogP contribution in [0, 0.1) is 17.2 Å². The van der Waals surface area contributed by atoms with Crippen molar-refractivity contribution in [2.75, 3.05) is 13.7 Å². The van der Waals surface area contributed by atoms with Crippen molar-refractivity contribution in [3.8, 4) is 11.8 Å². The monoisotopic (exact) mass is 479 g/mol. The molecule has 0 bridgehead atoms. The van der Waals surface area contributed by atoms with Gasteiger partial charge >= 0.3 is 0 Å². The van der Waals surface area contributed by atoms with Crippen molar-refractivity contribution in [2.45, 2.75) is 36.2 Å². The van der Waals surface area contributed by atoms with Crippen LogP contribution in [0.2, 0.25) is 0 Å². The highest BCUT2D eigenvalue weighted by molar-refractivity contribution is 6.44. The molecule has 1 aliphatic rings. The SMILES string of the molecule is COc1cccc2[nH]c(C(=O)N[C@@H](CC(Cl)Cl)C(=O)N[C@H](C#N)C[C@@H]3CCNC3=O)cc12. The van der Waals surface area contributed by atoms with Gasteiger partial charge in [0.15, 0.2) is 0 Å². The van der Waals surface area contributed by atoms with E-state index in [1.54, 1.807) is 24.3 Å². The van der Waals surface area contributed by atoms with E-state index >= 15 is 0 Å². The molecular weight excluding hydrogens is 457 g/mol. The molecule has 0 radical (unpaired) electrons. The fourth-order valence-corrected chi connectivity index (χ4v) is 4.00. The highest BCUT2D eigenvalue weighted by Crippen LogP contribution is 2.26. The minimum atomic E-state index is -1.08. The van der Waals surface area contributed by atoms with Gasteiger partial charge in [-0.05, 0) is 31.0 Å². The molecule has 3 atom stereocenters. The molecule has 170 valence electrons. The number of ether oxygens (including phenoxy) is 1. The fourth-order valence-electron chi connectivity index (χ4n) is 3.64. The number of rotatable bonds is 9. The van der Waals surface area contributed by atoms with Gasteiger partial charge in [-0.2, -0.15) is 5.26 Å².